The van der Waals surface area contributed by atoms with Crippen molar-refractivity contribution in [3.63, 3.8) is 0 Å². The van der Waals surface area contributed by atoms with Crippen molar-refractivity contribution >= 4 is 33.8 Å². The minimum atomic E-state index is -3.31. The first kappa shape index (κ1) is 17.7. The van der Waals surface area contributed by atoms with Crippen LogP contribution in [0.3, 0.4) is 0 Å². The Labute approximate surface area is 118 Å². The minimum Gasteiger partial charge on any atom is -0.492 e. The van der Waals surface area contributed by atoms with Crippen LogP contribution in [0.2, 0.25) is 0 Å². The van der Waals surface area contributed by atoms with Crippen LogP contribution in [0.4, 0.5) is 5.69 Å². The maximum Gasteiger partial charge on any atom is 0.239 e. The Balaban J connectivity index is 0.00000324. The molecule has 0 saturated carbocycles. The van der Waals surface area contributed by atoms with Gasteiger partial charge in [0.05, 0.1) is 0 Å². The summed E-state index contributed by atoms with van der Waals surface area (Å²) in [4.78, 5) is 11.3. The van der Waals surface area contributed by atoms with E-state index in [9.17, 15) is 13.2 Å². The van der Waals surface area contributed by atoms with E-state index in [-0.39, 0.29) is 12.4 Å². The number of amides is 1. The van der Waals surface area contributed by atoms with Crippen molar-refractivity contribution in [1.29, 1.82) is 0 Å². The molecule has 1 aromatic carbocycles. The maximum absolute atomic E-state index is 11.3. The second-order valence-corrected chi connectivity index (χ2v) is 5.92. The Morgan fingerprint density at radius 1 is 1.32 bits per heavy atom. The molecule has 19 heavy (non-hydrogen) atoms. The van der Waals surface area contributed by atoms with Gasteiger partial charge in [0.1, 0.15) is 18.1 Å². The van der Waals surface area contributed by atoms with Gasteiger partial charge in [0.2, 0.25) is 5.91 Å². The van der Waals surface area contributed by atoms with E-state index in [1.54, 1.807) is 24.3 Å². The molecule has 1 aromatic rings. The quantitative estimate of drug-likeness (QED) is 0.794. The number of rotatable bonds is 6. The molecule has 1 rings (SSSR count). The van der Waals surface area contributed by atoms with E-state index in [0.29, 0.717) is 24.6 Å². The van der Waals surface area contributed by atoms with Gasteiger partial charge in [-0.3, -0.25) is 4.79 Å². The van der Waals surface area contributed by atoms with Gasteiger partial charge in [0.15, 0.2) is 9.84 Å². The number of nitrogens with two attached hydrogens (primary N) is 1. The predicted octanol–water partition coefficient (Wildman–Crippen LogP) is 0.429. The van der Waals surface area contributed by atoms with Crippen molar-refractivity contribution in [3.05, 3.63) is 24.3 Å². The van der Waals surface area contributed by atoms with Gasteiger partial charge < -0.3 is 15.8 Å². The molecule has 0 bridgehead atoms. The number of ether oxygens (including phenoxy) is 1. The number of sulfone groups is 1. The van der Waals surface area contributed by atoms with Gasteiger partial charge in [0.25, 0.3) is 0 Å². The van der Waals surface area contributed by atoms with Crippen molar-refractivity contribution in [2.45, 2.75) is 0 Å². The molecule has 0 fully saturated rings. The Hall–Kier alpha value is -1.31. The summed E-state index contributed by atoms with van der Waals surface area (Å²) in [6.07, 6.45) is 1.01. The summed E-state index contributed by atoms with van der Waals surface area (Å²) >= 11 is 0. The van der Waals surface area contributed by atoms with E-state index in [1.165, 1.54) is 0 Å². The summed E-state index contributed by atoms with van der Waals surface area (Å²) in [5.41, 5.74) is 5.81. The number of anilines is 1. The third-order valence-electron chi connectivity index (χ3n) is 1.92. The summed E-state index contributed by atoms with van der Waals surface area (Å²) < 4.78 is 27.1. The van der Waals surface area contributed by atoms with Crippen molar-refractivity contribution < 1.29 is 17.9 Å². The molecule has 0 aliphatic rings. The van der Waals surface area contributed by atoms with Gasteiger partial charge in [-0.15, -0.1) is 12.4 Å². The number of hydrogen-bond acceptors (Lipinski definition) is 5. The molecule has 0 unspecified atom stereocenters. The number of carbonyl (C=O) groups excluding carboxylic acids is 1. The summed E-state index contributed by atoms with van der Waals surface area (Å²) in [7, 11) is -3.31. The maximum atomic E-state index is 11.3. The fourth-order valence-corrected chi connectivity index (χ4v) is 1.79. The molecule has 0 radical (unpaired) electrons. The molecule has 0 spiro atoms. The van der Waals surface area contributed by atoms with E-state index < -0.39 is 21.5 Å². The average molecular weight is 309 g/mol. The van der Waals surface area contributed by atoms with E-state index in [1.807, 2.05) is 0 Å². The second-order valence-electron chi connectivity index (χ2n) is 3.78. The van der Waals surface area contributed by atoms with Gasteiger partial charge in [-0.05, 0) is 24.3 Å². The first-order valence-corrected chi connectivity index (χ1v) is 7.37. The Kier molecular flexibility index (Phi) is 7.43. The molecule has 0 saturated heterocycles. The lowest BCUT2D eigenvalue weighted by Crippen LogP contribution is -2.21. The smallest absolute Gasteiger partial charge is 0.239 e. The highest BCUT2D eigenvalue weighted by Gasteiger charge is 2.10. The number of nitrogens with one attached hydrogen (secondary N) is 1. The van der Waals surface area contributed by atoms with Crippen molar-refractivity contribution in [1.82, 2.24) is 0 Å². The fraction of sp³-hybridized carbons (Fsp3) is 0.364. The zero-order valence-corrected chi connectivity index (χ0v) is 12.1. The van der Waals surface area contributed by atoms with E-state index in [0.717, 1.165) is 6.26 Å². The molecule has 108 valence electrons. The first-order chi connectivity index (χ1) is 8.40. The van der Waals surface area contributed by atoms with Gasteiger partial charge in [-0.1, -0.05) is 0 Å². The van der Waals surface area contributed by atoms with Crippen LogP contribution in [-0.4, -0.2) is 39.5 Å². The summed E-state index contributed by atoms with van der Waals surface area (Å²) in [6, 6.07) is 6.61. The van der Waals surface area contributed by atoms with Crippen LogP contribution in [0, 0.1) is 0 Å². The number of hydrogen-bond donors (Lipinski definition) is 2. The third kappa shape index (κ3) is 7.66. The predicted molar refractivity (Wildman–Crippen MR) is 76.6 cm³/mol. The average Bonchev–Trinajstić information content (AvgIpc) is 2.25. The Morgan fingerprint density at radius 2 is 1.89 bits per heavy atom. The molecule has 8 heteroatoms. The molecule has 1 amide bonds. The Bertz CT molecular complexity index is 502. The van der Waals surface area contributed by atoms with Crippen molar-refractivity contribution in [2.75, 3.05) is 30.5 Å². The van der Waals surface area contributed by atoms with Crippen LogP contribution >= 0.6 is 12.4 Å². The molecule has 6 nitrogen and oxygen atoms in total. The summed E-state index contributed by atoms with van der Waals surface area (Å²) in [5, 5.41) is 2.48. The van der Waals surface area contributed by atoms with Crippen molar-refractivity contribution in [3.8, 4) is 5.75 Å². The molecular weight excluding hydrogens is 292 g/mol. The zero-order valence-electron chi connectivity index (χ0n) is 10.5. The van der Waals surface area contributed by atoms with Gasteiger partial charge in [-0.25, -0.2) is 8.42 Å². The normalized spacial score (nSPS) is 10.4. The summed E-state index contributed by atoms with van der Waals surface area (Å²) in [5.74, 6) is -0.451. The minimum absolute atomic E-state index is 0. The van der Waals surface area contributed by atoms with E-state index >= 15 is 0 Å². The second kappa shape index (κ2) is 7.98. The number of benzene rings is 1. The third-order valence-corrected chi connectivity index (χ3v) is 2.70. The standard InChI is InChI=1S/C11H16N2O4S.ClH/c1-18(15,16)8-11(14)13-9-2-4-10(5-3-9)17-7-6-12;/h2-5H,6-8,12H2,1H3,(H,13,14);1H. The van der Waals surface area contributed by atoms with Gasteiger partial charge >= 0.3 is 0 Å². The van der Waals surface area contributed by atoms with E-state index in [4.69, 9.17) is 10.5 Å². The molecule has 0 heterocycles. The highest BCUT2D eigenvalue weighted by atomic mass is 35.5. The number of carbonyl (C=O) groups is 1. The first-order valence-electron chi connectivity index (χ1n) is 5.31. The summed E-state index contributed by atoms with van der Waals surface area (Å²) in [6.45, 7) is 0.840. The fourth-order valence-electron chi connectivity index (χ4n) is 1.25. The highest BCUT2D eigenvalue weighted by molar-refractivity contribution is 7.91. The highest BCUT2D eigenvalue weighted by Crippen LogP contribution is 2.15. The Morgan fingerprint density at radius 3 is 2.37 bits per heavy atom. The lowest BCUT2D eigenvalue weighted by Gasteiger charge is -2.07. The topological polar surface area (TPSA) is 98.5 Å². The van der Waals surface area contributed by atoms with Gasteiger partial charge in [0, 0.05) is 18.5 Å². The van der Waals surface area contributed by atoms with Crippen LogP contribution in [0.25, 0.3) is 0 Å². The molecule has 0 aliphatic carbocycles. The van der Waals surface area contributed by atoms with Crippen LogP contribution in [0.1, 0.15) is 0 Å². The van der Waals surface area contributed by atoms with Crippen LogP contribution < -0.4 is 15.8 Å². The molecule has 0 atom stereocenters. The SMILES string of the molecule is CS(=O)(=O)CC(=O)Nc1ccc(OCCN)cc1.Cl. The van der Waals surface area contributed by atoms with Crippen molar-refractivity contribution in [2.24, 2.45) is 5.73 Å². The largest absolute Gasteiger partial charge is 0.492 e. The lowest BCUT2D eigenvalue weighted by molar-refractivity contribution is -0.113. The lowest BCUT2D eigenvalue weighted by atomic mass is 10.3. The molecule has 0 aromatic heterocycles. The van der Waals surface area contributed by atoms with Crippen LogP contribution in [-0.2, 0) is 14.6 Å². The molecular formula is C11H17ClN2O4S. The number of halogens is 1. The van der Waals surface area contributed by atoms with Crippen LogP contribution in [0.15, 0.2) is 24.3 Å². The van der Waals surface area contributed by atoms with E-state index in [2.05, 4.69) is 5.32 Å². The monoisotopic (exact) mass is 308 g/mol. The van der Waals surface area contributed by atoms with Crippen LogP contribution in [0.5, 0.6) is 5.75 Å². The van der Waals surface area contributed by atoms with Gasteiger partial charge in [-0.2, -0.15) is 0 Å². The molecule has 3 N–H and O–H groups in total. The zero-order chi connectivity index (χ0) is 13.6. The molecule has 0 aliphatic heterocycles.